The lowest BCUT2D eigenvalue weighted by atomic mass is 9.89. The first-order valence-electron chi connectivity index (χ1n) is 3.64. The topological polar surface area (TPSA) is 37.3 Å². The Morgan fingerprint density at radius 1 is 1.50 bits per heavy atom. The predicted molar refractivity (Wildman–Crippen MR) is 60.4 cm³/mol. The van der Waals surface area contributed by atoms with Gasteiger partial charge in [-0.2, -0.15) is 0 Å². The maximum atomic E-state index is 10.8. The van der Waals surface area contributed by atoms with Gasteiger partial charge in [-0.1, -0.05) is 44.7 Å². The molecule has 0 aromatic rings. The van der Waals surface area contributed by atoms with Crippen LogP contribution in [0.1, 0.15) is 25.7 Å². The van der Waals surface area contributed by atoms with Crippen LogP contribution in [0.3, 0.4) is 0 Å². The fraction of sp³-hybridized carbons (Fsp3) is 0.857. The highest BCUT2D eigenvalue weighted by atomic mass is 79.9. The number of alkyl halides is 2. The van der Waals surface area contributed by atoms with Crippen LogP contribution < -0.4 is 0 Å². The van der Waals surface area contributed by atoms with Gasteiger partial charge in [-0.25, -0.2) is 0 Å². The van der Waals surface area contributed by atoms with Gasteiger partial charge in [-0.15, -0.1) is 0 Å². The van der Waals surface area contributed by atoms with Gasteiger partial charge in [-0.05, 0) is 12.8 Å². The fourth-order valence-corrected chi connectivity index (χ4v) is 2.59. The van der Waals surface area contributed by atoms with Crippen LogP contribution in [-0.2, 0) is 4.79 Å². The summed E-state index contributed by atoms with van der Waals surface area (Å²) < 4.78 is -0.717. The third-order valence-electron chi connectivity index (χ3n) is 2.10. The van der Waals surface area contributed by atoms with E-state index < -0.39 is 10.3 Å². The molecule has 0 spiro atoms. The van der Waals surface area contributed by atoms with Crippen LogP contribution in [0, 0.1) is 0 Å². The second-order valence-corrected chi connectivity index (χ2v) is 5.40. The van der Waals surface area contributed by atoms with Gasteiger partial charge < -0.3 is 5.11 Å². The van der Waals surface area contributed by atoms with Gasteiger partial charge in [0.15, 0.2) is 17.4 Å². The quantitative estimate of drug-likeness (QED) is 0.586. The van der Waals surface area contributed by atoms with E-state index in [1.807, 2.05) is 0 Å². The minimum atomic E-state index is -0.751. The van der Waals surface area contributed by atoms with Crippen LogP contribution in [0.15, 0.2) is 0 Å². The first-order chi connectivity index (χ1) is 5.07. The van der Waals surface area contributed by atoms with E-state index in [9.17, 15) is 4.79 Å². The molecule has 0 aliphatic heterocycles. The van der Waals surface area contributed by atoms with E-state index >= 15 is 0 Å². The minimum Gasteiger partial charge on any atom is -0.480 e. The lowest BCUT2D eigenvalue weighted by Gasteiger charge is -2.32. The SMILES string of the molecule is O=C(O)C1(Br)CCCCC1Br.[AlH3]. The Bertz CT molecular complexity index is 177. The van der Waals surface area contributed by atoms with Gasteiger partial charge in [-0.3, -0.25) is 4.79 Å². The maximum absolute atomic E-state index is 10.8. The highest BCUT2D eigenvalue weighted by Gasteiger charge is 2.43. The van der Waals surface area contributed by atoms with E-state index in [2.05, 4.69) is 31.9 Å². The monoisotopic (exact) mass is 314 g/mol. The Kier molecular flexibility index (Phi) is 5.40. The molecule has 2 nitrogen and oxygen atoms in total. The van der Waals surface area contributed by atoms with Crippen molar-refractivity contribution in [2.24, 2.45) is 0 Å². The Morgan fingerprint density at radius 2 is 2.08 bits per heavy atom. The Balaban J connectivity index is 0.00000121. The van der Waals surface area contributed by atoms with Crippen molar-refractivity contribution in [3.8, 4) is 0 Å². The molecule has 0 bridgehead atoms. The Hall–Kier alpha value is 0.962. The van der Waals surface area contributed by atoms with Crippen molar-refractivity contribution in [2.75, 3.05) is 0 Å². The molecule has 1 N–H and O–H groups in total. The van der Waals surface area contributed by atoms with Crippen molar-refractivity contribution in [3.05, 3.63) is 0 Å². The van der Waals surface area contributed by atoms with Crippen molar-refractivity contribution in [3.63, 3.8) is 0 Å². The number of carboxylic acid groups (broad SMARTS) is 1. The number of carbonyl (C=O) groups is 1. The normalized spacial score (nSPS) is 35.3. The van der Waals surface area contributed by atoms with Crippen LogP contribution in [0.2, 0.25) is 0 Å². The summed E-state index contributed by atoms with van der Waals surface area (Å²) in [5.41, 5.74) is 0. The highest BCUT2D eigenvalue weighted by molar-refractivity contribution is 9.12. The van der Waals surface area contributed by atoms with Crippen molar-refractivity contribution >= 4 is 55.2 Å². The van der Waals surface area contributed by atoms with Crippen molar-refractivity contribution in [1.82, 2.24) is 0 Å². The molecule has 0 radical (unpaired) electrons. The van der Waals surface area contributed by atoms with Crippen molar-refractivity contribution < 1.29 is 9.90 Å². The number of halogens is 2. The summed E-state index contributed by atoms with van der Waals surface area (Å²) in [6.45, 7) is 0. The van der Waals surface area contributed by atoms with E-state index in [0.29, 0.717) is 0 Å². The summed E-state index contributed by atoms with van der Waals surface area (Å²) in [6.07, 6.45) is 3.78. The predicted octanol–water partition coefficient (Wildman–Crippen LogP) is 1.36. The van der Waals surface area contributed by atoms with Gasteiger partial charge in [0.25, 0.3) is 0 Å². The van der Waals surface area contributed by atoms with Crippen molar-refractivity contribution in [1.29, 1.82) is 0 Å². The zero-order chi connectivity index (χ0) is 8.48. The maximum Gasteiger partial charge on any atom is 0.321 e. The Labute approximate surface area is 99.5 Å². The molecular weight excluding hydrogens is 303 g/mol. The number of aliphatic carboxylic acids is 1. The molecule has 0 aromatic heterocycles. The molecule has 5 heteroatoms. The second-order valence-electron chi connectivity index (χ2n) is 2.88. The van der Waals surface area contributed by atoms with E-state index in [1.165, 1.54) is 0 Å². The van der Waals surface area contributed by atoms with E-state index in [1.54, 1.807) is 0 Å². The number of hydrogen-bond acceptors (Lipinski definition) is 1. The zero-order valence-electron chi connectivity index (χ0n) is 6.02. The fourth-order valence-electron chi connectivity index (χ4n) is 1.33. The van der Waals surface area contributed by atoms with Crippen LogP contribution in [0.25, 0.3) is 0 Å². The summed E-state index contributed by atoms with van der Waals surface area (Å²) in [4.78, 5) is 10.9. The number of carboxylic acids is 1. The molecule has 12 heavy (non-hydrogen) atoms. The van der Waals surface area contributed by atoms with Crippen molar-refractivity contribution in [2.45, 2.75) is 34.8 Å². The summed E-state index contributed by atoms with van der Waals surface area (Å²) in [5, 5.41) is 8.89. The molecule has 0 aromatic carbocycles. The summed E-state index contributed by atoms with van der Waals surface area (Å²) in [5.74, 6) is -0.751. The molecule has 1 fully saturated rings. The van der Waals surface area contributed by atoms with Crippen LogP contribution in [0.5, 0.6) is 0 Å². The molecule has 0 heterocycles. The summed E-state index contributed by atoms with van der Waals surface area (Å²) >= 11 is 6.66. The van der Waals surface area contributed by atoms with Crippen LogP contribution in [-0.4, -0.2) is 37.6 Å². The molecule has 0 saturated heterocycles. The zero-order valence-corrected chi connectivity index (χ0v) is 9.19. The largest absolute Gasteiger partial charge is 0.480 e. The van der Waals surface area contributed by atoms with Gasteiger partial charge in [0.1, 0.15) is 4.32 Å². The van der Waals surface area contributed by atoms with Crippen LogP contribution >= 0.6 is 31.9 Å². The lowest BCUT2D eigenvalue weighted by molar-refractivity contribution is -0.140. The average molecular weight is 316 g/mol. The standard InChI is InChI=1S/C7H10Br2O2.Al.3H/c8-5-3-1-2-4-7(5,9)6(10)11;;;;/h5H,1-4H2,(H,10,11);;;;. The van der Waals surface area contributed by atoms with E-state index in [-0.39, 0.29) is 22.2 Å². The second kappa shape index (κ2) is 5.00. The average Bonchev–Trinajstić information content (AvgIpc) is 1.95. The van der Waals surface area contributed by atoms with Gasteiger partial charge in [0.05, 0.1) is 0 Å². The molecule has 1 aliphatic rings. The molecule has 1 aliphatic carbocycles. The molecular formula is C7H13AlBr2O2. The first-order valence-corrected chi connectivity index (χ1v) is 5.34. The van der Waals surface area contributed by atoms with E-state index in [4.69, 9.17) is 5.11 Å². The first kappa shape index (κ1) is 13.0. The Morgan fingerprint density at radius 3 is 2.42 bits per heavy atom. The third kappa shape index (κ3) is 2.48. The molecule has 70 valence electrons. The highest BCUT2D eigenvalue weighted by Crippen LogP contribution is 2.40. The van der Waals surface area contributed by atoms with Gasteiger partial charge in [0, 0.05) is 4.83 Å². The number of rotatable bonds is 1. The molecule has 0 amide bonds. The third-order valence-corrected chi connectivity index (χ3v) is 5.24. The molecule has 2 unspecified atom stereocenters. The van der Waals surface area contributed by atoms with Crippen LogP contribution in [0.4, 0.5) is 0 Å². The molecule has 2 atom stereocenters. The summed E-state index contributed by atoms with van der Waals surface area (Å²) in [6, 6.07) is 0. The van der Waals surface area contributed by atoms with E-state index in [0.717, 1.165) is 25.7 Å². The minimum absolute atomic E-state index is 0. The summed E-state index contributed by atoms with van der Waals surface area (Å²) in [7, 11) is 0. The number of hydrogen-bond donors (Lipinski definition) is 1. The van der Waals surface area contributed by atoms with Gasteiger partial charge in [0.2, 0.25) is 0 Å². The lowest BCUT2D eigenvalue weighted by Crippen LogP contribution is -2.42. The van der Waals surface area contributed by atoms with Gasteiger partial charge >= 0.3 is 5.97 Å². The smallest absolute Gasteiger partial charge is 0.321 e. The molecule has 1 saturated carbocycles. The molecule has 1 rings (SSSR count).